The molecule has 0 aliphatic carbocycles. The van der Waals surface area contributed by atoms with E-state index in [0.717, 1.165) is 21.0 Å². The summed E-state index contributed by atoms with van der Waals surface area (Å²) in [6.07, 6.45) is 0. The lowest BCUT2D eigenvalue weighted by Crippen LogP contribution is -1.87. The van der Waals surface area contributed by atoms with Crippen molar-refractivity contribution >= 4 is 39.0 Å². The van der Waals surface area contributed by atoms with Crippen LogP contribution in [0.1, 0.15) is 5.56 Å². The van der Waals surface area contributed by atoms with Crippen LogP contribution in [-0.2, 0) is 5.75 Å². The van der Waals surface area contributed by atoms with E-state index in [2.05, 4.69) is 10.2 Å². The van der Waals surface area contributed by atoms with Crippen LogP contribution in [0.3, 0.4) is 0 Å². The van der Waals surface area contributed by atoms with Crippen LogP contribution in [0.4, 0.5) is 9.52 Å². The van der Waals surface area contributed by atoms with Crippen LogP contribution in [0, 0.1) is 5.82 Å². The van der Waals surface area contributed by atoms with Gasteiger partial charge in [0.2, 0.25) is 5.13 Å². The largest absolute Gasteiger partial charge is 0.374 e. The monoisotopic (exact) mass is 291 g/mol. The van der Waals surface area contributed by atoms with Gasteiger partial charge >= 0.3 is 0 Å². The zero-order valence-corrected chi connectivity index (χ0v) is 11.5. The Morgan fingerprint density at radius 2 is 1.89 bits per heavy atom. The molecular weight excluding hydrogens is 281 g/mol. The van der Waals surface area contributed by atoms with Gasteiger partial charge in [0.15, 0.2) is 4.34 Å². The molecule has 0 aliphatic rings. The Hall–Kier alpha value is -1.66. The lowest BCUT2D eigenvalue weighted by Gasteiger charge is -2.06. The average molecular weight is 291 g/mol. The predicted octanol–water partition coefficient (Wildman–Crippen LogP) is 3.70. The highest BCUT2D eigenvalue weighted by atomic mass is 32.2. The van der Waals surface area contributed by atoms with Crippen LogP contribution < -0.4 is 5.73 Å². The quantitative estimate of drug-likeness (QED) is 0.747. The summed E-state index contributed by atoms with van der Waals surface area (Å²) in [5, 5.41) is 9.78. The van der Waals surface area contributed by atoms with Gasteiger partial charge in [0.25, 0.3) is 0 Å². The fraction of sp³-hybridized carbons (Fsp3) is 0.0769. The van der Waals surface area contributed by atoms with Gasteiger partial charge in [0.1, 0.15) is 5.82 Å². The molecule has 2 N–H and O–H groups in total. The Morgan fingerprint density at radius 1 is 1.11 bits per heavy atom. The highest BCUT2D eigenvalue weighted by Gasteiger charge is 2.07. The highest BCUT2D eigenvalue weighted by molar-refractivity contribution is 8.00. The molecule has 0 amide bonds. The number of thioether (sulfide) groups is 1. The van der Waals surface area contributed by atoms with E-state index in [1.807, 2.05) is 24.3 Å². The maximum absolute atomic E-state index is 13.7. The molecule has 0 atom stereocenters. The first-order valence-corrected chi connectivity index (χ1v) is 7.42. The standard InChI is InChI=1S/C13H10FN3S2/c14-11-6-5-8(9-3-1-2-4-10(9)11)7-18-13-17-16-12(15)19-13/h1-6H,7H2,(H2,15,16). The normalized spacial score (nSPS) is 11.0. The number of hydrogen-bond acceptors (Lipinski definition) is 5. The van der Waals surface area contributed by atoms with Gasteiger partial charge in [-0.3, -0.25) is 0 Å². The fourth-order valence-electron chi connectivity index (χ4n) is 1.87. The molecule has 1 heterocycles. The summed E-state index contributed by atoms with van der Waals surface area (Å²) in [7, 11) is 0. The molecular formula is C13H10FN3S2. The summed E-state index contributed by atoms with van der Waals surface area (Å²) in [5.74, 6) is 0.527. The molecule has 3 aromatic rings. The Kier molecular flexibility index (Phi) is 3.35. The van der Waals surface area contributed by atoms with Gasteiger partial charge in [0, 0.05) is 11.1 Å². The number of halogens is 1. The first kappa shape index (κ1) is 12.4. The summed E-state index contributed by atoms with van der Waals surface area (Å²) < 4.78 is 14.5. The Balaban J connectivity index is 1.91. The zero-order valence-electron chi connectivity index (χ0n) is 9.84. The number of nitrogens with two attached hydrogens (primary N) is 1. The number of fused-ring (bicyclic) bond motifs is 1. The van der Waals surface area contributed by atoms with E-state index in [1.54, 1.807) is 17.8 Å². The molecule has 3 nitrogen and oxygen atoms in total. The third kappa shape index (κ3) is 2.54. The van der Waals surface area contributed by atoms with Crippen molar-refractivity contribution in [3.63, 3.8) is 0 Å². The van der Waals surface area contributed by atoms with Crippen LogP contribution in [0.2, 0.25) is 0 Å². The van der Waals surface area contributed by atoms with Crippen molar-refractivity contribution in [2.24, 2.45) is 0 Å². The third-order valence-corrected chi connectivity index (χ3v) is 4.67. The maximum Gasteiger partial charge on any atom is 0.203 e. The number of nitrogens with zero attached hydrogens (tertiary/aromatic N) is 2. The number of rotatable bonds is 3. The highest BCUT2D eigenvalue weighted by Crippen LogP contribution is 2.30. The average Bonchev–Trinajstić information content (AvgIpc) is 2.84. The smallest absolute Gasteiger partial charge is 0.203 e. The molecule has 0 saturated heterocycles. The molecule has 0 spiro atoms. The number of nitrogen functional groups attached to an aromatic ring is 1. The molecule has 1 aromatic heterocycles. The van der Waals surface area contributed by atoms with E-state index in [9.17, 15) is 4.39 Å². The topological polar surface area (TPSA) is 51.8 Å². The molecule has 3 rings (SSSR count). The Labute approximate surface area is 117 Å². The second-order valence-electron chi connectivity index (χ2n) is 3.95. The molecule has 19 heavy (non-hydrogen) atoms. The summed E-state index contributed by atoms with van der Waals surface area (Å²) in [4.78, 5) is 0. The Bertz CT molecular complexity index is 727. The molecule has 0 radical (unpaired) electrons. The van der Waals surface area contributed by atoms with Crippen molar-refractivity contribution < 1.29 is 4.39 Å². The fourth-order valence-corrected chi connectivity index (χ4v) is 3.51. The number of hydrogen-bond donors (Lipinski definition) is 1. The van der Waals surface area contributed by atoms with E-state index < -0.39 is 0 Å². The summed E-state index contributed by atoms with van der Waals surface area (Å²) in [5.41, 5.74) is 6.62. The van der Waals surface area contributed by atoms with Crippen molar-refractivity contribution in [2.75, 3.05) is 5.73 Å². The van der Waals surface area contributed by atoms with Crippen LogP contribution in [0.25, 0.3) is 10.8 Å². The van der Waals surface area contributed by atoms with Crippen LogP contribution >= 0.6 is 23.1 Å². The second kappa shape index (κ2) is 5.14. The van der Waals surface area contributed by atoms with E-state index >= 15 is 0 Å². The first-order valence-electron chi connectivity index (χ1n) is 5.62. The number of benzene rings is 2. The van der Waals surface area contributed by atoms with E-state index in [-0.39, 0.29) is 5.82 Å². The number of anilines is 1. The van der Waals surface area contributed by atoms with E-state index in [4.69, 9.17) is 5.73 Å². The van der Waals surface area contributed by atoms with Gasteiger partial charge in [-0.1, -0.05) is 53.4 Å². The maximum atomic E-state index is 13.7. The van der Waals surface area contributed by atoms with Crippen molar-refractivity contribution in [1.29, 1.82) is 0 Å². The van der Waals surface area contributed by atoms with Gasteiger partial charge in [-0.15, -0.1) is 10.2 Å². The number of aromatic nitrogens is 2. The molecule has 0 saturated carbocycles. The molecule has 0 fully saturated rings. The minimum Gasteiger partial charge on any atom is -0.374 e. The molecule has 0 aliphatic heterocycles. The molecule has 96 valence electrons. The predicted molar refractivity (Wildman–Crippen MR) is 77.8 cm³/mol. The van der Waals surface area contributed by atoms with Gasteiger partial charge in [-0.05, 0) is 17.0 Å². The Morgan fingerprint density at radius 3 is 2.63 bits per heavy atom. The summed E-state index contributed by atoms with van der Waals surface area (Å²) in [6, 6.07) is 10.8. The molecule has 2 aromatic carbocycles. The van der Waals surface area contributed by atoms with Crippen LogP contribution in [-0.4, -0.2) is 10.2 Å². The summed E-state index contributed by atoms with van der Waals surface area (Å²) in [6.45, 7) is 0. The van der Waals surface area contributed by atoms with Crippen molar-refractivity contribution in [1.82, 2.24) is 10.2 Å². The SMILES string of the molecule is Nc1nnc(SCc2ccc(F)c3ccccc23)s1. The van der Waals surface area contributed by atoms with Crippen molar-refractivity contribution in [3.05, 3.63) is 47.8 Å². The van der Waals surface area contributed by atoms with Crippen LogP contribution in [0.15, 0.2) is 40.7 Å². The van der Waals surface area contributed by atoms with Crippen molar-refractivity contribution in [3.8, 4) is 0 Å². The minimum absolute atomic E-state index is 0.190. The van der Waals surface area contributed by atoms with Gasteiger partial charge in [-0.2, -0.15) is 0 Å². The van der Waals surface area contributed by atoms with Crippen molar-refractivity contribution in [2.45, 2.75) is 10.1 Å². The minimum atomic E-state index is -0.190. The van der Waals surface area contributed by atoms with E-state index in [1.165, 1.54) is 17.4 Å². The third-order valence-electron chi connectivity index (χ3n) is 2.73. The van der Waals surface area contributed by atoms with Crippen LogP contribution in [0.5, 0.6) is 0 Å². The molecule has 6 heteroatoms. The first-order chi connectivity index (χ1) is 9.24. The summed E-state index contributed by atoms with van der Waals surface area (Å²) >= 11 is 2.92. The molecule has 0 unspecified atom stereocenters. The van der Waals surface area contributed by atoms with Gasteiger partial charge in [-0.25, -0.2) is 4.39 Å². The second-order valence-corrected chi connectivity index (χ2v) is 6.18. The van der Waals surface area contributed by atoms with Gasteiger partial charge in [0.05, 0.1) is 0 Å². The lowest BCUT2D eigenvalue weighted by atomic mass is 10.1. The lowest BCUT2D eigenvalue weighted by molar-refractivity contribution is 0.639. The molecule has 0 bridgehead atoms. The zero-order chi connectivity index (χ0) is 13.2. The van der Waals surface area contributed by atoms with Gasteiger partial charge < -0.3 is 5.73 Å². The van der Waals surface area contributed by atoms with E-state index in [0.29, 0.717) is 10.5 Å².